The lowest BCUT2D eigenvalue weighted by Crippen LogP contribution is -2.09. The van der Waals surface area contributed by atoms with Crippen molar-refractivity contribution < 1.29 is 7.16 Å². The van der Waals surface area contributed by atoms with E-state index in [0.717, 1.165) is 44.2 Å². The van der Waals surface area contributed by atoms with Crippen molar-refractivity contribution in [3.05, 3.63) is 127 Å². The molecule has 1 aliphatic carbocycles. The van der Waals surface area contributed by atoms with Crippen LogP contribution in [-0.4, -0.2) is 4.98 Å². The normalized spacial score (nSPS) is 13.3. The van der Waals surface area contributed by atoms with Gasteiger partial charge in [-0.25, -0.2) is 0 Å². The predicted octanol–water partition coefficient (Wildman–Crippen LogP) is 11.2. The molecule has 8 rings (SSSR count). The summed E-state index contributed by atoms with van der Waals surface area (Å²) in [6, 6.07) is 40.1. The molecule has 2 aromatic heterocycles. The van der Waals surface area contributed by atoms with Crippen molar-refractivity contribution in [2.75, 3.05) is 0 Å². The highest BCUT2D eigenvalue weighted by Gasteiger charge is 2.26. The van der Waals surface area contributed by atoms with Crippen LogP contribution in [0.4, 0.5) is 0 Å². The Bertz CT molecular complexity index is 2250. The first-order valence-electron chi connectivity index (χ1n) is 15.5. The molecule has 0 spiro atoms. The topological polar surface area (TPSA) is 26.0 Å². The van der Waals surface area contributed by atoms with Crippen molar-refractivity contribution in [1.82, 2.24) is 4.98 Å². The Morgan fingerprint density at radius 2 is 1.12 bits per heavy atom. The van der Waals surface area contributed by atoms with Crippen LogP contribution in [0.15, 0.2) is 126 Å². The summed E-state index contributed by atoms with van der Waals surface area (Å²) in [6.45, 7) is 5.78. The second kappa shape index (κ2) is 9.29. The molecule has 1 aliphatic rings. The Hall–Kier alpha value is -4.95. The number of hydrogen-bond donors (Lipinski definition) is 0. The van der Waals surface area contributed by atoms with Gasteiger partial charge in [0, 0.05) is 30.8 Å². The van der Waals surface area contributed by atoms with Crippen molar-refractivity contribution in [1.29, 1.82) is 0 Å². The van der Waals surface area contributed by atoms with Crippen molar-refractivity contribution in [2.24, 2.45) is 5.41 Å². The minimum Gasteiger partial charge on any atom is -0.455 e. The Kier molecular flexibility index (Phi) is 5.02. The molecule has 0 bridgehead atoms. The van der Waals surface area contributed by atoms with E-state index in [2.05, 4.69) is 91.0 Å². The van der Waals surface area contributed by atoms with Gasteiger partial charge in [-0.15, -0.1) is 0 Å². The fraction of sp³-hybridized carbons (Fsp3) is 0.125. The van der Waals surface area contributed by atoms with Crippen molar-refractivity contribution in [2.45, 2.75) is 27.1 Å². The standard InChI is InChI=1S/C40H31NO/c1-40(2,3)24-25-21-22-41-36(23-25)35-18-10-17-33-34-20-19-32-30-15-7-6-13-28(30)26-11-4-5-12-27(26)29-14-8-9-16-31(29)37(32)39(34)42-38(33)35/h4-23H,24H2,1-3H3/i24D2. The van der Waals surface area contributed by atoms with Gasteiger partial charge in [-0.05, 0) is 80.6 Å². The molecule has 0 atom stereocenters. The lowest BCUT2D eigenvalue weighted by Gasteiger charge is -2.23. The Morgan fingerprint density at radius 1 is 0.571 bits per heavy atom. The summed E-state index contributed by atoms with van der Waals surface area (Å²) in [5, 5.41) is 2.06. The second-order valence-electron chi connectivity index (χ2n) is 12.1. The maximum absolute atomic E-state index is 8.87. The zero-order valence-electron chi connectivity index (χ0n) is 25.9. The zero-order chi connectivity index (χ0) is 30.2. The predicted molar refractivity (Wildman–Crippen MR) is 175 cm³/mol. The molecule has 0 aliphatic heterocycles. The van der Waals surface area contributed by atoms with E-state index < -0.39 is 11.8 Å². The number of para-hydroxylation sites is 1. The van der Waals surface area contributed by atoms with E-state index in [4.69, 9.17) is 12.1 Å². The first kappa shape index (κ1) is 22.7. The van der Waals surface area contributed by atoms with Gasteiger partial charge in [0.25, 0.3) is 0 Å². The van der Waals surface area contributed by atoms with E-state index in [1.807, 2.05) is 39.0 Å². The summed E-state index contributed by atoms with van der Waals surface area (Å²) in [5.74, 6) is 0. The van der Waals surface area contributed by atoms with Crippen LogP contribution in [0.25, 0.3) is 77.7 Å². The fourth-order valence-electron chi connectivity index (χ4n) is 6.49. The van der Waals surface area contributed by atoms with Gasteiger partial charge in [0.15, 0.2) is 0 Å². The van der Waals surface area contributed by atoms with Crippen LogP contribution in [-0.2, 0) is 6.37 Å². The molecule has 0 N–H and O–H groups in total. The lowest BCUT2D eigenvalue weighted by atomic mass is 9.80. The molecule has 0 saturated carbocycles. The molecule has 42 heavy (non-hydrogen) atoms. The molecule has 202 valence electrons. The summed E-state index contributed by atoms with van der Waals surface area (Å²) in [7, 11) is 0. The smallest absolute Gasteiger partial charge is 0.144 e. The molecule has 2 heteroatoms. The molecular weight excluding hydrogens is 510 g/mol. The van der Waals surface area contributed by atoms with E-state index in [1.54, 1.807) is 12.3 Å². The van der Waals surface area contributed by atoms with Crippen LogP contribution in [0.5, 0.6) is 0 Å². The molecule has 0 saturated heterocycles. The number of nitrogens with zero attached hydrogens (tertiary/aromatic N) is 1. The molecule has 0 fully saturated rings. The highest BCUT2D eigenvalue weighted by Crippen LogP contribution is 2.51. The summed E-state index contributed by atoms with van der Waals surface area (Å²) in [4.78, 5) is 4.70. The quantitative estimate of drug-likeness (QED) is 0.217. The molecule has 2 heterocycles. The third-order valence-electron chi connectivity index (χ3n) is 8.14. The van der Waals surface area contributed by atoms with Crippen molar-refractivity contribution in [3.8, 4) is 55.8 Å². The van der Waals surface area contributed by atoms with E-state index in [9.17, 15) is 0 Å². The number of benzene rings is 5. The molecule has 0 radical (unpaired) electrons. The zero-order valence-corrected chi connectivity index (χ0v) is 23.9. The highest BCUT2D eigenvalue weighted by atomic mass is 16.3. The van der Waals surface area contributed by atoms with Gasteiger partial charge in [-0.2, -0.15) is 0 Å². The van der Waals surface area contributed by atoms with Crippen molar-refractivity contribution >= 4 is 21.9 Å². The third-order valence-corrected chi connectivity index (χ3v) is 8.14. The lowest BCUT2D eigenvalue weighted by molar-refractivity contribution is 0.411. The minimum absolute atomic E-state index is 0.574. The average Bonchev–Trinajstić information content (AvgIpc) is 3.42. The number of pyridine rings is 1. The maximum Gasteiger partial charge on any atom is 0.144 e. The van der Waals surface area contributed by atoms with E-state index >= 15 is 0 Å². The average molecular weight is 544 g/mol. The molecule has 5 aromatic carbocycles. The van der Waals surface area contributed by atoms with Crippen LogP contribution >= 0.6 is 0 Å². The van der Waals surface area contributed by atoms with Gasteiger partial charge in [-0.1, -0.05) is 112 Å². The van der Waals surface area contributed by atoms with Gasteiger partial charge < -0.3 is 4.42 Å². The molecule has 2 nitrogen and oxygen atoms in total. The fourth-order valence-corrected chi connectivity index (χ4v) is 6.49. The van der Waals surface area contributed by atoms with Gasteiger partial charge in [0.2, 0.25) is 0 Å². The molecule has 7 aromatic rings. The Labute approximate surface area is 249 Å². The Morgan fingerprint density at radius 3 is 1.76 bits per heavy atom. The summed E-state index contributed by atoms with van der Waals surface area (Å²) < 4.78 is 24.7. The SMILES string of the molecule is [2H]C([2H])(c1ccnc(-c2cccc3c2oc2c4c(ccc23)-c2ccccc2-c2ccccc2-c2ccccc2-4)c1)C(C)(C)C. The third kappa shape index (κ3) is 3.90. The van der Waals surface area contributed by atoms with Crippen molar-refractivity contribution in [3.63, 3.8) is 0 Å². The summed E-state index contributed by atoms with van der Waals surface area (Å²) >= 11 is 0. The van der Waals surface area contributed by atoms with Crippen LogP contribution in [0.3, 0.4) is 0 Å². The van der Waals surface area contributed by atoms with E-state index in [0.29, 0.717) is 11.3 Å². The van der Waals surface area contributed by atoms with Gasteiger partial charge >= 0.3 is 0 Å². The maximum atomic E-state index is 8.87. The first-order chi connectivity index (χ1) is 21.2. The molecular formula is C40H31NO. The van der Waals surface area contributed by atoms with Gasteiger partial charge in [0.1, 0.15) is 11.2 Å². The second-order valence-corrected chi connectivity index (χ2v) is 12.1. The highest BCUT2D eigenvalue weighted by molar-refractivity contribution is 6.17. The first-order valence-corrected chi connectivity index (χ1v) is 14.5. The van der Waals surface area contributed by atoms with Crippen LogP contribution in [0.1, 0.15) is 29.1 Å². The van der Waals surface area contributed by atoms with Gasteiger partial charge in [0.05, 0.1) is 5.69 Å². The number of aromatic nitrogens is 1. The monoisotopic (exact) mass is 543 g/mol. The molecule has 0 unspecified atom stereocenters. The number of hydrogen-bond acceptors (Lipinski definition) is 2. The number of rotatable bonds is 2. The number of furan rings is 1. The molecule has 0 amide bonds. The van der Waals surface area contributed by atoms with Gasteiger partial charge in [-0.3, -0.25) is 4.98 Å². The Balaban J connectivity index is 1.44. The largest absolute Gasteiger partial charge is 0.455 e. The summed E-state index contributed by atoms with van der Waals surface area (Å²) in [6.07, 6.45) is 0.172. The number of fused-ring (bicyclic) bond motifs is 12. The van der Waals surface area contributed by atoms with Crippen LogP contribution in [0.2, 0.25) is 0 Å². The van der Waals surface area contributed by atoms with Crippen LogP contribution in [0, 0.1) is 5.41 Å². The minimum atomic E-state index is -1.53. The van der Waals surface area contributed by atoms with Crippen LogP contribution < -0.4 is 0 Å². The van der Waals surface area contributed by atoms with E-state index in [-0.39, 0.29) is 0 Å². The summed E-state index contributed by atoms with van der Waals surface area (Å²) in [5.41, 5.74) is 12.5. The van der Waals surface area contributed by atoms with E-state index in [1.165, 1.54) is 27.8 Å².